The van der Waals surface area contributed by atoms with E-state index in [-0.39, 0.29) is 11.8 Å². The summed E-state index contributed by atoms with van der Waals surface area (Å²) < 4.78 is 5.57. The molecule has 0 bridgehead atoms. The minimum atomic E-state index is -0.821. The number of aryl methyl sites for hydroxylation is 2. The number of hydrogen-bond acceptors (Lipinski definition) is 4. The molecule has 1 aromatic rings. The van der Waals surface area contributed by atoms with Gasteiger partial charge in [-0.3, -0.25) is 9.59 Å². The first-order valence-corrected chi connectivity index (χ1v) is 10.4. The minimum Gasteiger partial charge on any atom is -0.494 e. The number of nitrogens with zero attached hydrogens (tertiary/aromatic N) is 1. The molecule has 0 saturated carbocycles. The Hall–Kier alpha value is -2.08. The smallest absolute Gasteiger partial charge is 0.230 e. The van der Waals surface area contributed by atoms with Gasteiger partial charge in [0.05, 0.1) is 18.1 Å². The van der Waals surface area contributed by atoms with Gasteiger partial charge in [-0.25, -0.2) is 0 Å². The van der Waals surface area contributed by atoms with Crippen molar-refractivity contribution in [1.29, 1.82) is 0 Å². The third-order valence-corrected chi connectivity index (χ3v) is 6.07. The molecule has 2 heterocycles. The van der Waals surface area contributed by atoms with Crippen LogP contribution in [0.2, 0.25) is 0 Å². The van der Waals surface area contributed by atoms with Crippen molar-refractivity contribution in [3.63, 3.8) is 0 Å². The van der Waals surface area contributed by atoms with Crippen LogP contribution in [0.1, 0.15) is 50.2 Å². The van der Waals surface area contributed by atoms with Gasteiger partial charge >= 0.3 is 0 Å². The van der Waals surface area contributed by atoms with Crippen molar-refractivity contribution >= 4 is 11.8 Å². The van der Waals surface area contributed by atoms with Gasteiger partial charge in [-0.05, 0) is 63.1 Å². The number of aliphatic hydroxyl groups excluding tert-OH is 1. The van der Waals surface area contributed by atoms with Crippen LogP contribution in [0.25, 0.3) is 0 Å². The summed E-state index contributed by atoms with van der Waals surface area (Å²) in [6.45, 7) is 6.17. The van der Waals surface area contributed by atoms with Crippen molar-refractivity contribution in [3.05, 3.63) is 29.3 Å². The monoisotopic (exact) mass is 388 g/mol. The summed E-state index contributed by atoms with van der Waals surface area (Å²) in [6.07, 6.45) is 3.36. The maximum absolute atomic E-state index is 12.7. The maximum Gasteiger partial charge on any atom is 0.230 e. The summed E-state index contributed by atoms with van der Waals surface area (Å²) in [5.74, 6) is 0.881. The lowest BCUT2D eigenvalue weighted by Gasteiger charge is -2.46. The molecular formula is C22H32N2O4. The van der Waals surface area contributed by atoms with Gasteiger partial charge in [0.2, 0.25) is 11.8 Å². The van der Waals surface area contributed by atoms with Gasteiger partial charge < -0.3 is 20.1 Å². The lowest BCUT2D eigenvalue weighted by atomic mass is 9.71. The number of benzene rings is 1. The summed E-state index contributed by atoms with van der Waals surface area (Å²) in [5, 5.41) is 13.3. The predicted molar refractivity (Wildman–Crippen MR) is 107 cm³/mol. The number of carbonyl (C=O) groups is 2. The van der Waals surface area contributed by atoms with Gasteiger partial charge in [-0.15, -0.1) is 0 Å². The van der Waals surface area contributed by atoms with E-state index in [9.17, 15) is 14.7 Å². The second kappa shape index (κ2) is 8.95. The Morgan fingerprint density at radius 1 is 1.43 bits per heavy atom. The van der Waals surface area contributed by atoms with E-state index in [2.05, 4.69) is 17.4 Å². The molecule has 0 aliphatic carbocycles. The molecule has 3 rings (SSSR count). The third kappa shape index (κ3) is 4.32. The number of piperidine rings is 2. The fourth-order valence-electron chi connectivity index (χ4n) is 4.44. The molecule has 1 aromatic carbocycles. The molecule has 1 spiro atoms. The molecule has 2 aliphatic heterocycles. The predicted octanol–water partition coefficient (Wildman–Crippen LogP) is 2.21. The zero-order valence-electron chi connectivity index (χ0n) is 17.0. The number of ether oxygens (including phenoxy) is 1. The molecule has 154 valence electrons. The topological polar surface area (TPSA) is 78.9 Å². The fraction of sp³-hybridized carbons (Fsp3) is 0.636. The molecule has 0 unspecified atom stereocenters. The Morgan fingerprint density at radius 2 is 2.25 bits per heavy atom. The molecule has 2 amide bonds. The van der Waals surface area contributed by atoms with Gasteiger partial charge in [0.15, 0.2) is 0 Å². The summed E-state index contributed by atoms with van der Waals surface area (Å²) >= 11 is 0. The standard InChI is InChI=1S/C22H32N2O4/c1-3-28-18-9-8-17(14-16(18)2)6-4-7-20(26)24-13-10-19(25)22(15-24)11-5-12-23-21(22)27/h8-9,14,19,25H,3-7,10-13,15H2,1-2H3,(H,23,27)/t19-,22-/m1/s1. The zero-order chi connectivity index (χ0) is 20.1. The number of rotatable bonds is 6. The molecule has 2 aliphatic rings. The third-order valence-electron chi connectivity index (χ3n) is 6.07. The van der Waals surface area contributed by atoms with Crippen molar-refractivity contribution in [2.75, 3.05) is 26.2 Å². The molecular weight excluding hydrogens is 356 g/mol. The van der Waals surface area contributed by atoms with Crippen LogP contribution >= 0.6 is 0 Å². The van der Waals surface area contributed by atoms with Crippen LogP contribution in [0.5, 0.6) is 5.75 Å². The van der Waals surface area contributed by atoms with Crippen molar-refractivity contribution in [2.45, 2.75) is 58.5 Å². The van der Waals surface area contributed by atoms with E-state index in [0.29, 0.717) is 45.5 Å². The highest BCUT2D eigenvalue weighted by molar-refractivity contribution is 5.86. The van der Waals surface area contributed by atoms with Gasteiger partial charge in [-0.1, -0.05) is 12.1 Å². The minimum absolute atomic E-state index is 0.0762. The molecule has 6 nitrogen and oxygen atoms in total. The Bertz CT molecular complexity index is 720. The van der Waals surface area contributed by atoms with Crippen LogP contribution in [0.3, 0.4) is 0 Å². The summed E-state index contributed by atoms with van der Waals surface area (Å²) in [6, 6.07) is 6.17. The second-order valence-electron chi connectivity index (χ2n) is 8.02. The number of nitrogens with one attached hydrogen (secondary N) is 1. The van der Waals surface area contributed by atoms with E-state index in [4.69, 9.17) is 4.74 Å². The molecule has 2 N–H and O–H groups in total. The lowest BCUT2D eigenvalue weighted by molar-refractivity contribution is -0.154. The molecule has 0 radical (unpaired) electrons. The fourth-order valence-corrected chi connectivity index (χ4v) is 4.44. The molecule has 6 heteroatoms. The number of carbonyl (C=O) groups excluding carboxylic acids is 2. The molecule has 2 atom stereocenters. The largest absolute Gasteiger partial charge is 0.494 e. The van der Waals surface area contributed by atoms with Crippen molar-refractivity contribution in [1.82, 2.24) is 10.2 Å². The summed E-state index contributed by atoms with van der Waals surface area (Å²) in [5.41, 5.74) is 1.49. The van der Waals surface area contributed by atoms with E-state index in [1.807, 2.05) is 19.9 Å². The average Bonchev–Trinajstić information content (AvgIpc) is 2.68. The average molecular weight is 389 g/mol. The zero-order valence-corrected chi connectivity index (χ0v) is 17.0. The lowest BCUT2D eigenvalue weighted by Crippen LogP contribution is -2.62. The Labute approximate surface area is 167 Å². The van der Waals surface area contributed by atoms with Gasteiger partial charge in [0, 0.05) is 26.1 Å². The molecule has 0 aromatic heterocycles. The second-order valence-corrected chi connectivity index (χ2v) is 8.02. The molecule has 2 fully saturated rings. The summed E-state index contributed by atoms with van der Waals surface area (Å²) in [4.78, 5) is 26.9. The van der Waals surface area contributed by atoms with Gasteiger partial charge in [0.25, 0.3) is 0 Å². The molecule has 28 heavy (non-hydrogen) atoms. The van der Waals surface area contributed by atoms with E-state index in [1.165, 1.54) is 5.56 Å². The van der Waals surface area contributed by atoms with Crippen LogP contribution in [0.4, 0.5) is 0 Å². The van der Waals surface area contributed by atoms with Crippen molar-refractivity contribution in [3.8, 4) is 5.75 Å². The van der Waals surface area contributed by atoms with E-state index in [0.717, 1.165) is 30.6 Å². The van der Waals surface area contributed by atoms with E-state index >= 15 is 0 Å². The Morgan fingerprint density at radius 3 is 2.96 bits per heavy atom. The highest BCUT2D eigenvalue weighted by Crippen LogP contribution is 2.37. The van der Waals surface area contributed by atoms with Gasteiger partial charge in [-0.2, -0.15) is 0 Å². The summed E-state index contributed by atoms with van der Waals surface area (Å²) in [7, 11) is 0. The maximum atomic E-state index is 12.7. The van der Waals surface area contributed by atoms with E-state index in [1.54, 1.807) is 4.90 Å². The highest BCUT2D eigenvalue weighted by atomic mass is 16.5. The quantitative estimate of drug-likeness (QED) is 0.783. The first-order valence-electron chi connectivity index (χ1n) is 10.4. The SMILES string of the molecule is CCOc1ccc(CCCC(=O)N2CC[C@@H](O)[C@@]3(CCCNC3=O)C2)cc1C. The number of aliphatic hydroxyl groups is 1. The number of amides is 2. The number of hydrogen-bond donors (Lipinski definition) is 2. The normalized spacial score (nSPS) is 24.9. The van der Waals surface area contributed by atoms with Crippen molar-refractivity contribution in [2.24, 2.45) is 5.41 Å². The van der Waals surface area contributed by atoms with E-state index < -0.39 is 11.5 Å². The van der Waals surface area contributed by atoms with Crippen molar-refractivity contribution < 1.29 is 19.4 Å². The van der Waals surface area contributed by atoms with Crippen LogP contribution < -0.4 is 10.1 Å². The van der Waals surface area contributed by atoms with Gasteiger partial charge in [0.1, 0.15) is 5.75 Å². The first-order chi connectivity index (χ1) is 13.5. The Kier molecular flexibility index (Phi) is 6.60. The first kappa shape index (κ1) is 20.6. The molecule has 2 saturated heterocycles. The van der Waals surface area contributed by atoms with Crippen LogP contribution in [0.15, 0.2) is 18.2 Å². The van der Waals surface area contributed by atoms with Crippen LogP contribution in [-0.2, 0) is 16.0 Å². The van der Waals surface area contributed by atoms with Crippen LogP contribution in [-0.4, -0.2) is 54.2 Å². The van der Waals surface area contributed by atoms with Crippen LogP contribution in [0, 0.1) is 12.3 Å². The Balaban J connectivity index is 1.53. The highest BCUT2D eigenvalue weighted by Gasteiger charge is 2.50. The number of likely N-dealkylation sites (tertiary alicyclic amines) is 1.